The molecule has 1 atom stereocenters. The number of aromatic amines is 1. The third-order valence-corrected chi connectivity index (χ3v) is 3.40. The van der Waals surface area contributed by atoms with Gasteiger partial charge in [0.1, 0.15) is 4.32 Å². The highest BCUT2D eigenvalue weighted by molar-refractivity contribution is 8.11. The second-order valence-electron chi connectivity index (χ2n) is 2.99. The summed E-state index contributed by atoms with van der Waals surface area (Å²) in [4.78, 5) is 7.04. The number of nitrogens with zero attached hydrogens (tertiary/aromatic N) is 1. The molecule has 0 aliphatic rings. The normalized spacial score (nSPS) is 12.4. The Morgan fingerprint density at radius 3 is 3.07 bits per heavy atom. The largest absolute Gasteiger partial charge is 0.370 e. The Kier molecular flexibility index (Phi) is 5.27. The molecule has 1 unspecified atom stereocenters. The van der Waals surface area contributed by atoms with Crippen LogP contribution < -0.4 is 5.32 Å². The van der Waals surface area contributed by atoms with E-state index in [9.17, 15) is 4.21 Å². The number of thiol groups is 1. The lowest BCUT2D eigenvalue weighted by molar-refractivity contribution is 0.681. The van der Waals surface area contributed by atoms with Crippen molar-refractivity contribution >= 4 is 40.0 Å². The minimum Gasteiger partial charge on any atom is -0.370 e. The lowest BCUT2D eigenvalue weighted by Gasteiger charge is -2.03. The fourth-order valence-electron chi connectivity index (χ4n) is 1.03. The van der Waals surface area contributed by atoms with Gasteiger partial charge in [0.15, 0.2) is 0 Å². The number of nitrogens with one attached hydrogen (secondary N) is 2. The summed E-state index contributed by atoms with van der Waals surface area (Å²) in [5, 5.41) is 2.85. The Labute approximate surface area is 102 Å². The maximum Gasteiger partial charge on any atom is 0.130 e. The minimum absolute atomic E-state index is 0.433. The predicted octanol–water partition coefficient (Wildman–Crippen LogP) is 0.771. The van der Waals surface area contributed by atoms with E-state index in [1.54, 1.807) is 6.33 Å². The maximum absolute atomic E-state index is 11.6. The molecule has 1 rings (SSSR count). The zero-order valence-corrected chi connectivity index (χ0v) is 10.8. The zero-order valence-electron chi connectivity index (χ0n) is 8.32. The van der Waals surface area contributed by atoms with Crippen molar-refractivity contribution in [2.75, 3.05) is 12.3 Å². The first-order valence-corrected chi connectivity index (χ1v) is 6.74. The van der Waals surface area contributed by atoms with E-state index in [2.05, 4.69) is 27.9 Å². The van der Waals surface area contributed by atoms with Crippen LogP contribution in [-0.4, -0.2) is 30.8 Å². The molecular weight excluding hydrogens is 250 g/mol. The number of aromatic nitrogens is 2. The lowest BCUT2D eigenvalue weighted by atomic mass is 10.4. The van der Waals surface area contributed by atoms with E-state index in [1.165, 1.54) is 0 Å². The molecule has 0 radical (unpaired) electrons. The average molecular weight is 263 g/mol. The third kappa shape index (κ3) is 4.76. The second-order valence-corrected chi connectivity index (χ2v) is 5.73. The quantitative estimate of drug-likeness (QED) is 0.542. The number of H-pyrrole nitrogens is 1. The van der Waals surface area contributed by atoms with Crippen molar-refractivity contribution in [2.24, 2.45) is 0 Å². The summed E-state index contributed by atoms with van der Waals surface area (Å²) in [5.41, 5.74) is 1.84. The monoisotopic (exact) mass is 263 g/mol. The fraction of sp³-hybridized carbons (Fsp3) is 0.500. The number of rotatable bonds is 5. The molecule has 7 heteroatoms. The Morgan fingerprint density at radius 2 is 2.53 bits per heavy atom. The van der Waals surface area contributed by atoms with Gasteiger partial charge in [-0.2, -0.15) is 0 Å². The number of aryl methyl sites for hydroxylation is 1. The molecule has 0 saturated heterocycles. The van der Waals surface area contributed by atoms with Crippen LogP contribution in [0.5, 0.6) is 0 Å². The summed E-state index contributed by atoms with van der Waals surface area (Å²) in [7, 11) is -0.915. The van der Waals surface area contributed by atoms with Gasteiger partial charge in [-0.1, -0.05) is 12.2 Å². The highest BCUT2D eigenvalue weighted by atomic mass is 32.2. The molecule has 1 heterocycles. The molecule has 0 amide bonds. The van der Waals surface area contributed by atoms with Crippen molar-refractivity contribution in [3.05, 3.63) is 17.7 Å². The van der Waals surface area contributed by atoms with Crippen LogP contribution in [0.2, 0.25) is 0 Å². The Balaban J connectivity index is 2.31. The molecule has 84 valence electrons. The molecule has 2 N–H and O–H groups in total. The predicted molar refractivity (Wildman–Crippen MR) is 69.6 cm³/mol. The van der Waals surface area contributed by atoms with E-state index in [1.807, 2.05) is 6.92 Å². The van der Waals surface area contributed by atoms with Gasteiger partial charge in [-0.05, 0) is 6.92 Å². The van der Waals surface area contributed by atoms with Crippen LogP contribution in [0.15, 0.2) is 6.33 Å². The van der Waals surface area contributed by atoms with Gasteiger partial charge in [0, 0.05) is 28.8 Å². The minimum atomic E-state index is -0.915. The maximum atomic E-state index is 11.6. The summed E-state index contributed by atoms with van der Waals surface area (Å²) >= 11 is 8.63. The van der Waals surface area contributed by atoms with Crippen molar-refractivity contribution in [2.45, 2.75) is 12.7 Å². The molecule has 4 nitrogen and oxygen atoms in total. The van der Waals surface area contributed by atoms with E-state index >= 15 is 0 Å². The molecule has 1 aromatic rings. The number of hydrogen-bond acceptors (Lipinski definition) is 3. The molecule has 0 bridgehead atoms. The zero-order chi connectivity index (χ0) is 11.3. The van der Waals surface area contributed by atoms with Crippen LogP contribution in [0, 0.1) is 6.92 Å². The topological polar surface area (TPSA) is 57.8 Å². The number of thiocarbonyl (C=S) groups is 1. The van der Waals surface area contributed by atoms with Crippen molar-refractivity contribution in [1.29, 1.82) is 0 Å². The molecule has 0 aliphatic heterocycles. The molecular formula is C8H13N3OS3. The van der Waals surface area contributed by atoms with Gasteiger partial charge in [0.05, 0.1) is 17.8 Å². The summed E-state index contributed by atoms with van der Waals surface area (Å²) < 4.78 is 12.0. The van der Waals surface area contributed by atoms with E-state index in [4.69, 9.17) is 12.2 Å². The molecule has 0 spiro atoms. The average Bonchev–Trinajstić information content (AvgIpc) is 2.51. The smallest absolute Gasteiger partial charge is 0.130 e. The third-order valence-electron chi connectivity index (χ3n) is 1.84. The Morgan fingerprint density at radius 1 is 1.80 bits per heavy atom. The number of hydrogen-bond donors (Lipinski definition) is 3. The van der Waals surface area contributed by atoms with Gasteiger partial charge in [-0.15, -0.1) is 12.6 Å². The van der Waals surface area contributed by atoms with Gasteiger partial charge in [-0.3, -0.25) is 4.21 Å². The highest BCUT2D eigenvalue weighted by Crippen LogP contribution is 2.03. The van der Waals surface area contributed by atoms with Crippen LogP contribution in [-0.2, 0) is 16.6 Å². The highest BCUT2D eigenvalue weighted by Gasteiger charge is 2.06. The molecule has 15 heavy (non-hydrogen) atoms. The van der Waals surface area contributed by atoms with Gasteiger partial charge in [0.2, 0.25) is 0 Å². The van der Waals surface area contributed by atoms with Crippen molar-refractivity contribution in [3.8, 4) is 0 Å². The van der Waals surface area contributed by atoms with Crippen LogP contribution in [0.3, 0.4) is 0 Å². The summed E-state index contributed by atoms with van der Waals surface area (Å²) in [6.07, 6.45) is 1.61. The molecule has 1 aromatic heterocycles. The Hall–Kier alpha value is -0.400. The van der Waals surface area contributed by atoms with E-state index in [0.29, 0.717) is 22.4 Å². The number of imidazole rings is 1. The fourth-order valence-corrected chi connectivity index (χ4v) is 2.31. The van der Waals surface area contributed by atoms with Crippen LogP contribution in [0.4, 0.5) is 0 Å². The SMILES string of the molecule is Cc1[nH]cnc1CS(=O)CCNC(=S)S. The van der Waals surface area contributed by atoms with Crippen LogP contribution >= 0.6 is 24.8 Å². The molecule has 0 saturated carbocycles. The first kappa shape index (κ1) is 12.7. The summed E-state index contributed by atoms with van der Waals surface area (Å²) in [6.45, 7) is 2.50. The van der Waals surface area contributed by atoms with Gasteiger partial charge in [0.25, 0.3) is 0 Å². The van der Waals surface area contributed by atoms with Crippen molar-refractivity contribution in [3.63, 3.8) is 0 Å². The first-order chi connectivity index (χ1) is 7.09. The van der Waals surface area contributed by atoms with Gasteiger partial charge >= 0.3 is 0 Å². The lowest BCUT2D eigenvalue weighted by Crippen LogP contribution is -2.22. The summed E-state index contributed by atoms with van der Waals surface area (Å²) in [5.74, 6) is 1.03. The second kappa shape index (κ2) is 6.24. The van der Waals surface area contributed by atoms with E-state index in [-0.39, 0.29) is 0 Å². The van der Waals surface area contributed by atoms with Crippen molar-refractivity contribution in [1.82, 2.24) is 15.3 Å². The first-order valence-electron chi connectivity index (χ1n) is 4.40. The van der Waals surface area contributed by atoms with E-state index < -0.39 is 10.8 Å². The van der Waals surface area contributed by atoms with E-state index in [0.717, 1.165) is 11.4 Å². The van der Waals surface area contributed by atoms with Crippen LogP contribution in [0.25, 0.3) is 0 Å². The molecule has 0 aromatic carbocycles. The summed E-state index contributed by atoms with van der Waals surface area (Å²) in [6, 6.07) is 0. The van der Waals surface area contributed by atoms with Gasteiger partial charge in [-0.25, -0.2) is 4.98 Å². The van der Waals surface area contributed by atoms with Crippen molar-refractivity contribution < 1.29 is 4.21 Å². The Bertz CT molecular complexity index is 364. The van der Waals surface area contributed by atoms with Crippen LogP contribution in [0.1, 0.15) is 11.4 Å². The molecule has 0 fully saturated rings. The van der Waals surface area contributed by atoms with Gasteiger partial charge < -0.3 is 10.3 Å². The standard InChI is InChI=1S/C8H13N3OS3/c1-6-7(11-5-10-6)4-15(12)3-2-9-8(13)14/h5H,2-4H2,1H3,(H,10,11)(H2,9,13,14). The molecule has 0 aliphatic carbocycles.